The summed E-state index contributed by atoms with van der Waals surface area (Å²) in [6.45, 7) is 12.1. The molecule has 8 rings (SSSR count). The molecular weight excluding hydrogens is 616 g/mol. The van der Waals surface area contributed by atoms with Gasteiger partial charge in [-0.25, -0.2) is 19.4 Å². The lowest BCUT2D eigenvalue weighted by molar-refractivity contribution is -0.108. The number of benzene rings is 2. The van der Waals surface area contributed by atoms with E-state index in [4.69, 9.17) is 20.3 Å². The van der Waals surface area contributed by atoms with Crippen molar-refractivity contribution in [2.24, 2.45) is 5.41 Å². The Balaban J connectivity index is 0.854. The van der Waals surface area contributed by atoms with Crippen molar-refractivity contribution >= 4 is 22.9 Å². The molecule has 3 aliphatic heterocycles. The smallest absolute Gasteiger partial charge is 0.410 e. The van der Waals surface area contributed by atoms with E-state index in [-0.39, 0.29) is 12.1 Å². The zero-order chi connectivity index (χ0) is 33.8. The lowest BCUT2D eigenvalue weighted by atomic mass is 9.70. The van der Waals surface area contributed by atoms with Crippen LogP contribution in [0.15, 0.2) is 60.9 Å². The lowest BCUT2D eigenvalue weighted by Gasteiger charge is -2.60. The number of rotatable bonds is 6. The van der Waals surface area contributed by atoms with Gasteiger partial charge >= 0.3 is 6.09 Å². The van der Waals surface area contributed by atoms with Crippen molar-refractivity contribution in [2.45, 2.75) is 83.0 Å². The van der Waals surface area contributed by atoms with Gasteiger partial charge in [-0.05, 0) is 114 Å². The molecule has 1 amide bonds. The maximum atomic E-state index is 12.3. The Morgan fingerprint density at radius 3 is 2.16 bits per heavy atom. The second kappa shape index (κ2) is 12.6. The van der Waals surface area contributed by atoms with Crippen molar-refractivity contribution in [3.8, 4) is 22.8 Å². The number of aromatic nitrogens is 4. The van der Waals surface area contributed by atoms with Crippen molar-refractivity contribution in [1.29, 1.82) is 0 Å². The summed E-state index contributed by atoms with van der Waals surface area (Å²) in [5, 5.41) is 5.96. The zero-order valence-electron chi connectivity index (χ0n) is 28.9. The van der Waals surface area contributed by atoms with E-state index in [9.17, 15) is 4.79 Å². The molecule has 0 atom stereocenters. The first kappa shape index (κ1) is 32.0. The number of para-hydroxylation sites is 1. The molecule has 4 aliphatic rings. The van der Waals surface area contributed by atoms with Crippen LogP contribution in [0.2, 0.25) is 0 Å². The molecule has 1 aliphatic carbocycles. The maximum absolute atomic E-state index is 12.3. The highest BCUT2D eigenvalue weighted by atomic mass is 16.6. The molecule has 2 aromatic heterocycles. The highest BCUT2D eigenvalue weighted by Crippen LogP contribution is 2.44. The van der Waals surface area contributed by atoms with Crippen LogP contribution in [-0.4, -0.2) is 97.5 Å². The molecule has 1 spiro atoms. The molecule has 2 aromatic carbocycles. The van der Waals surface area contributed by atoms with Gasteiger partial charge in [0.2, 0.25) is 0 Å². The van der Waals surface area contributed by atoms with Gasteiger partial charge < -0.3 is 25.0 Å². The molecule has 0 unspecified atom stereocenters. The van der Waals surface area contributed by atoms with Gasteiger partial charge in [0, 0.05) is 43.8 Å². The van der Waals surface area contributed by atoms with E-state index >= 15 is 0 Å². The number of nitrogens with two attached hydrogens (primary N) is 1. The van der Waals surface area contributed by atoms with Gasteiger partial charge in [0.25, 0.3) is 0 Å². The number of nitrogens with zero attached hydrogens (tertiary/aromatic N) is 7. The first-order chi connectivity index (χ1) is 23.6. The number of ether oxygens (including phenoxy) is 2. The van der Waals surface area contributed by atoms with Gasteiger partial charge in [-0.1, -0.05) is 18.2 Å². The highest BCUT2D eigenvalue weighted by molar-refractivity contribution is 5.98. The standard InChI is InChI=1S/C38H48N8O3/c1-37(2,3)49-36(47)44-21-29(22-44)45-23-38(24-45)17-19-43(20-18-38)27-11-13-28(14-12-27)46-35-32(34(39)40-25-41-35)33(42-46)26-9-15-31(16-10-26)48-30-7-5-4-6-8-30/h4-10,15-16,25,27-29H,11-14,17-24H2,1-3H3,(H2,39,40,41). The molecule has 0 bridgehead atoms. The number of amides is 1. The van der Waals surface area contributed by atoms with Gasteiger partial charge in [0.05, 0.1) is 11.4 Å². The van der Waals surface area contributed by atoms with E-state index in [1.54, 1.807) is 6.33 Å². The monoisotopic (exact) mass is 664 g/mol. The van der Waals surface area contributed by atoms with Crippen LogP contribution in [0.4, 0.5) is 10.6 Å². The Labute approximate surface area is 288 Å². The van der Waals surface area contributed by atoms with Crippen LogP contribution in [0, 0.1) is 5.41 Å². The largest absolute Gasteiger partial charge is 0.457 e. The maximum Gasteiger partial charge on any atom is 0.410 e. The van der Waals surface area contributed by atoms with Crippen molar-refractivity contribution in [3.05, 3.63) is 60.9 Å². The third kappa shape index (κ3) is 6.46. The highest BCUT2D eigenvalue weighted by Gasteiger charge is 2.50. The van der Waals surface area contributed by atoms with Crippen LogP contribution >= 0.6 is 0 Å². The average molecular weight is 665 g/mol. The Bertz CT molecular complexity index is 1770. The zero-order valence-corrected chi connectivity index (χ0v) is 28.9. The van der Waals surface area contributed by atoms with E-state index in [0.717, 1.165) is 72.6 Å². The molecule has 4 fully saturated rings. The summed E-state index contributed by atoms with van der Waals surface area (Å²) in [6, 6.07) is 19.2. The van der Waals surface area contributed by atoms with E-state index in [1.807, 2.05) is 80.3 Å². The number of hydrogen-bond acceptors (Lipinski definition) is 9. The van der Waals surface area contributed by atoms with Crippen molar-refractivity contribution in [3.63, 3.8) is 0 Å². The minimum Gasteiger partial charge on any atom is -0.457 e. The molecule has 3 saturated heterocycles. The Morgan fingerprint density at radius 1 is 0.837 bits per heavy atom. The van der Waals surface area contributed by atoms with Crippen molar-refractivity contribution in [2.75, 3.05) is 45.0 Å². The number of likely N-dealkylation sites (tertiary alicyclic amines) is 3. The van der Waals surface area contributed by atoms with Crippen LogP contribution in [0.25, 0.3) is 22.3 Å². The summed E-state index contributed by atoms with van der Waals surface area (Å²) in [7, 11) is 0. The molecule has 0 radical (unpaired) electrons. The normalized spacial score (nSPS) is 23.3. The van der Waals surface area contributed by atoms with Crippen LogP contribution in [0.1, 0.15) is 65.3 Å². The van der Waals surface area contributed by atoms with Crippen LogP contribution in [-0.2, 0) is 4.74 Å². The third-order valence-electron chi connectivity index (χ3n) is 11.1. The number of anilines is 1. The summed E-state index contributed by atoms with van der Waals surface area (Å²) in [6.07, 6.45) is 8.37. The lowest BCUT2D eigenvalue weighted by Crippen LogP contribution is -2.71. The van der Waals surface area contributed by atoms with Gasteiger partial charge in [-0.3, -0.25) is 4.90 Å². The van der Waals surface area contributed by atoms with Crippen molar-refractivity contribution < 1.29 is 14.3 Å². The van der Waals surface area contributed by atoms with Gasteiger partial charge in [0.1, 0.15) is 34.9 Å². The summed E-state index contributed by atoms with van der Waals surface area (Å²) in [4.78, 5) is 28.5. The van der Waals surface area contributed by atoms with Crippen LogP contribution in [0.3, 0.4) is 0 Å². The predicted octanol–water partition coefficient (Wildman–Crippen LogP) is 6.37. The second-order valence-corrected chi connectivity index (χ2v) is 15.6. The number of carbonyl (C=O) groups is 1. The molecule has 4 aromatic rings. The molecule has 49 heavy (non-hydrogen) atoms. The van der Waals surface area contributed by atoms with Gasteiger partial charge in [0.15, 0.2) is 5.65 Å². The number of piperidine rings is 1. The Kier molecular flexibility index (Phi) is 8.22. The molecule has 11 heteroatoms. The summed E-state index contributed by atoms with van der Waals surface area (Å²) < 4.78 is 13.7. The molecule has 1 saturated carbocycles. The van der Waals surface area contributed by atoms with Crippen LogP contribution in [0.5, 0.6) is 11.5 Å². The quantitative estimate of drug-likeness (QED) is 0.251. The average Bonchev–Trinajstić information content (AvgIpc) is 3.45. The molecule has 258 valence electrons. The van der Waals surface area contributed by atoms with E-state index in [0.29, 0.717) is 23.3 Å². The Hall–Kier alpha value is -4.22. The third-order valence-corrected chi connectivity index (χ3v) is 11.1. The molecule has 11 nitrogen and oxygen atoms in total. The fourth-order valence-corrected chi connectivity index (χ4v) is 8.34. The Morgan fingerprint density at radius 2 is 1.49 bits per heavy atom. The van der Waals surface area contributed by atoms with Gasteiger partial charge in [-0.2, -0.15) is 5.10 Å². The van der Waals surface area contributed by atoms with Crippen LogP contribution < -0.4 is 10.5 Å². The summed E-state index contributed by atoms with van der Waals surface area (Å²) >= 11 is 0. The second-order valence-electron chi connectivity index (χ2n) is 15.6. The summed E-state index contributed by atoms with van der Waals surface area (Å²) in [5.74, 6) is 2.03. The number of fused-ring (bicyclic) bond motifs is 1. The minimum atomic E-state index is -0.441. The fourth-order valence-electron chi connectivity index (χ4n) is 8.34. The van der Waals surface area contributed by atoms with Gasteiger partial charge in [-0.15, -0.1) is 0 Å². The van der Waals surface area contributed by atoms with Crippen molar-refractivity contribution in [1.82, 2.24) is 34.4 Å². The number of nitrogen functional groups attached to an aromatic ring is 1. The summed E-state index contributed by atoms with van der Waals surface area (Å²) in [5.41, 5.74) is 9.05. The molecule has 2 N–H and O–H groups in total. The molecule has 5 heterocycles. The topological polar surface area (TPSA) is 115 Å². The number of carbonyl (C=O) groups excluding carboxylic acids is 1. The molecular formula is C38H48N8O3. The number of hydrogen-bond donors (Lipinski definition) is 1. The van der Waals surface area contributed by atoms with E-state index in [2.05, 4.69) is 24.4 Å². The predicted molar refractivity (Wildman–Crippen MR) is 189 cm³/mol. The SMILES string of the molecule is CC(C)(C)OC(=O)N1CC(N2CC3(CCN(C4CCC(n5nc(-c6ccc(Oc7ccccc7)cc6)c6c(N)ncnc65)CC4)CC3)C2)C1. The van der Waals surface area contributed by atoms with E-state index < -0.39 is 5.60 Å². The first-order valence-corrected chi connectivity index (χ1v) is 17.9. The minimum absolute atomic E-state index is 0.180. The van der Waals surface area contributed by atoms with E-state index in [1.165, 1.54) is 39.0 Å². The fraction of sp³-hybridized carbons (Fsp3) is 0.526. The first-order valence-electron chi connectivity index (χ1n) is 17.9.